The number of aliphatic hydroxyl groups is 1. The molecule has 0 bridgehead atoms. The van der Waals surface area contributed by atoms with Crippen LogP contribution in [0.5, 0.6) is 0 Å². The summed E-state index contributed by atoms with van der Waals surface area (Å²) in [6.07, 6.45) is 0.610. The first-order valence-electron chi connectivity index (χ1n) is 6.83. The van der Waals surface area contributed by atoms with E-state index in [0.717, 1.165) is 18.8 Å². The molecule has 0 radical (unpaired) electrons. The molecule has 0 aliphatic rings. The first kappa shape index (κ1) is 15.4. The number of anilines is 1. The maximum atomic E-state index is 12.3. The lowest BCUT2D eigenvalue weighted by Gasteiger charge is -2.03. The lowest BCUT2D eigenvalue weighted by molar-refractivity contribution is 0.292. The fourth-order valence-corrected chi connectivity index (χ4v) is 4.52. The summed E-state index contributed by atoms with van der Waals surface area (Å²) in [5, 5.41) is 12.5. The molecule has 2 aromatic heterocycles. The number of H-pyrrole nitrogens is 1. The van der Waals surface area contributed by atoms with Crippen LogP contribution in [0.15, 0.2) is 35.1 Å². The van der Waals surface area contributed by atoms with Gasteiger partial charge in [0.25, 0.3) is 5.56 Å². The Balaban J connectivity index is 2.06. The van der Waals surface area contributed by atoms with Gasteiger partial charge in [-0.3, -0.25) is 9.78 Å². The van der Waals surface area contributed by atoms with Crippen LogP contribution in [0.4, 0.5) is 5.95 Å². The van der Waals surface area contributed by atoms with Gasteiger partial charge >= 0.3 is 0 Å². The molecule has 0 saturated carbocycles. The zero-order valence-electron chi connectivity index (χ0n) is 11.6. The van der Waals surface area contributed by atoms with E-state index in [1.807, 2.05) is 30.3 Å². The van der Waals surface area contributed by atoms with Gasteiger partial charge in [0, 0.05) is 16.7 Å². The van der Waals surface area contributed by atoms with Gasteiger partial charge in [0.15, 0.2) is 0 Å². The number of rotatable bonds is 5. The van der Waals surface area contributed by atoms with Gasteiger partial charge in [0.1, 0.15) is 4.83 Å². The highest BCUT2D eigenvalue weighted by Crippen LogP contribution is 2.37. The molecule has 22 heavy (non-hydrogen) atoms. The van der Waals surface area contributed by atoms with Crippen LogP contribution < -0.4 is 10.9 Å². The molecule has 5 nitrogen and oxygen atoms in total. The number of nitrogens with zero attached hydrogens (tertiary/aromatic N) is 1. The normalized spacial score (nSPS) is 11.0. The van der Waals surface area contributed by atoms with Gasteiger partial charge in [-0.15, -0.1) is 11.3 Å². The van der Waals surface area contributed by atoms with E-state index in [-0.39, 0.29) is 12.2 Å². The van der Waals surface area contributed by atoms with Crippen LogP contribution in [-0.2, 0) is 0 Å². The molecule has 0 unspecified atom stereocenters. The Morgan fingerprint density at radius 1 is 1.32 bits per heavy atom. The fraction of sp³-hybridized carbons (Fsp3) is 0.200. The molecule has 3 rings (SSSR count). The van der Waals surface area contributed by atoms with Crippen LogP contribution in [0.25, 0.3) is 20.7 Å². The standard InChI is InChI=1S/C15H14IN3O2S/c16-11-10-13(21)18-15(17-7-4-8-20)19-14(10)22-12(11)9-5-2-1-3-6-9/h1-3,5-6,20H,4,7-8H2,(H2,17,18,19,21). The van der Waals surface area contributed by atoms with Gasteiger partial charge in [0.05, 0.1) is 10.3 Å². The van der Waals surface area contributed by atoms with Crippen molar-refractivity contribution in [3.63, 3.8) is 0 Å². The number of aliphatic hydroxyl groups excluding tert-OH is 1. The monoisotopic (exact) mass is 427 g/mol. The molecule has 2 heterocycles. The minimum Gasteiger partial charge on any atom is -0.396 e. The first-order valence-corrected chi connectivity index (χ1v) is 8.72. The molecule has 0 aliphatic carbocycles. The van der Waals surface area contributed by atoms with Crippen molar-refractivity contribution in [2.45, 2.75) is 6.42 Å². The number of aromatic nitrogens is 2. The van der Waals surface area contributed by atoms with E-state index >= 15 is 0 Å². The average molecular weight is 427 g/mol. The molecule has 0 fully saturated rings. The molecular formula is C15H14IN3O2S. The average Bonchev–Trinajstić information content (AvgIpc) is 2.86. The number of aromatic amines is 1. The fourth-order valence-electron chi connectivity index (χ4n) is 2.12. The summed E-state index contributed by atoms with van der Waals surface area (Å²) >= 11 is 3.72. The molecule has 0 spiro atoms. The van der Waals surface area contributed by atoms with Crippen molar-refractivity contribution >= 4 is 50.1 Å². The number of nitrogens with one attached hydrogen (secondary N) is 2. The van der Waals surface area contributed by atoms with E-state index in [4.69, 9.17) is 5.11 Å². The van der Waals surface area contributed by atoms with E-state index in [9.17, 15) is 4.79 Å². The van der Waals surface area contributed by atoms with Gasteiger partial charge in [-0.25, -0.2) is 4.98 Å². The highest BCUT2D eigenvalue weighted by molar-refractivity contribution is 14.1. The van der Waals surface area contributed by atoms with Crippen molar-refractivity contribution in [3.8, 4) is 10.4 Å². The van der Waals surface area contributed by atoms with Crippen LogP contribution in [0.2, 0.25) is 0 Å². The van der Waals surface area contributed by atoms with Gasteiger partial charge in [-0.2, -0.15) is 0 Å². The van der Waals surface area contributed by atoms with Gasteiger partial charge < -0.3 is 10.4 Å². The van der Waals surface area contributed by atoms with Crippen LogP contribution in [0.3, 0.4) is 0 Å². The molecule has 114 valence electrons. The zero-order valence-corrected chi connectivity index (χ0v) is 14.6. The zero-order chi connectivity index (χ0) is 15.5. The van der Waals surface area contributed by atoms with Crippen molar-refractivity contribution in [1.29, 1.82) is 0 Å². The van der Waals surface area contributed by atoms with E-state index in [0.29, 0.717) is 24.3 Å². The Bertz CT molecular complexity index is 845. The highest BCUT2D eigenvalue weighted by Gasteiger charge is 2.16. The molecule has 1 aromatic carbocycles. The van der Waals surface area contributed by atoms with Gasteiger partial charge in [0.2, 0.25) is 5.95 Å². The predicted molar refractivity (Wildman–Crippen MR) is 98.6 cm³/mol. The molecule has 0 saturated heterocycles. The second-order valence-electron chi connectivity index (χ2n) is 4.71. The number of halogens is 1. The summed E-state index contributed by atoms with van der Waals surface area (Å²) in [5.74, 6) is 0.447. The molecule has 0 amide bonds. The largest absolute Gasteiger partial charge is 0.396 e. The molecular weight excluding hydrogens is 413 g/mol. The van der Waals surface area contributed by atoms with Crippen molar-refractivity contribution in [2.75, 3.05) is 18.5 Å². The maximum Gasteiger partial charge on any atom is 0.262 e. The number of hydrogen-bond donors (Lipinski definition) is 3. The van der Waals surface area contributed by atoms with Crippen LogP contribution in [0.1, 0.15) is 6.42 Å². The van der Waals surface area contributed by atoms with Crippen LogP contribution >= 0.6 is 33.9 Å². The van der Waals surface area contributed by atoms with Crippen molar-refractivity contribution in [2.24, 2.45) is 0 Å². The lowest BCUT2D eigenvalue weighted by atomic mass is 10.2. The minimum absolute atomic E-state index is 0.106. The Hall–Kier alpha value is -1.45. The van der Waals surface area contributed by atoms with Gasteiger partial charge in [-0.05, 0) is 34.6 Å². The number of fused-ring (bicyclic) bond motifs is 1. The van der Waals surface area contributed by atoms with Crippen molar-refractivity contribution in [1.82, 2.24) is 9.97 Å². The van der Waals surface area contributed by atoms with Crippen LogP contribution in [-0.4, -0.2) is 28.2 Å². The quantitative estimate of drug-likeness (QED) is 0.432. The topological polar surface area (TPSA) is 78.0 Å². The molecule has 3 aromatic rings. The third-order valence-electron chi connectivity index (χ3n) is 3.17. The maximum absolute atomic E-state index is 12.3. The van der Waals surface area contributed by atoms with Crippen LogP contribution in [0, 0.1) is 3.57 Å². The smallest absolute Gasteiger partial charge is 0.262 e. The lowest BCUT2D eigenvalue weighted by Crippen LogP contribution is -2.14. The molecule has 0 aliphatic heterocycles. The molecule has 0 atom stereocenters. The van der Waals surface area contributed by atoms with E-state index in [2.05, 4.69) is 37.9 Å². The third-order valence-corrected chi connectivity index (χ3v) is 5.74. The molecule has 7 heteroatoms. The summed E-state index contributed by atoms with van der Waals surface area (Å²) in [5.41, 5.74) is 0.948. The van der Waals surface area contributed by atoms with E-state index in [1.54, 1.807) is 0 Å². The Morgan fingerprint density at radius 3 is 2.82 bits per heavy atom. The Kier molecular flexibility index (Phi) is 4.74. The first-order chi connectivity index (χ1) is 10.7. The van der Waals surface area contributed by atoms with E-state index < -0.39 is 0 Å². The summed E-state index contributed by atoms with van der Waals surface area (Å²) in [7, 11) is 0. The van der Waals surface area contributed by atoms with Crippen molar-refractivity contribution in [3.05, 3.63) is 44.3 Å². The second kappa shape index (κ2) is 6.76. The summed E-state index contributed by atoms with van der Waals surface area (Å²) in [6.45, 7) is 0.674. The summed E-state index contributed by atoms with van der Waals surface area (Å²) in [4.78, 5) is 21.3. The Labute approximate surface area is 144 Å². The third kappa shape index (κ3) is 3.01. The number of hydrogen-bond acceptors (Lipinski definition) is 5. The molecule has 3 N–H and O–H groups in total. The Morgan fingerprint density at radius 2 is 2.09 bits per heavy atom. The van der Waals surface area contributed by atoms with Gasteiger partial charge in [-0.1, -0.05) is 30.3 Å². The predicted octanol–water partition coefficient (Wildman–Crippen LogP) is 3.05. The summed E-state index contributed by atoms with van der Waals surface area (Å²) < 4.78 is 0.930. The minimum atomic E-state index is -0.140. The van der Waals surface area contributed by atoms with E-state index in [1.165, 1.54) is 11.3 Å². The number of benzene rings is 1. The number of thiophene rings is 1. The summed E-state index contributed by atoms with van der Waals surface area (Å²) in [6, 6.07) is 9.99. The van der Waals surface area contributed by atoms with Crippen molar-refractivity contribution < 1.29 is 5.11 Å². The second-order valence-corrected chi connectivity index (χ2v) is 6.79. The SMILES string of the molecule is O=c1[nH]c(NCCCO)nc2sc(-c3ccccc3)c(I)c12. The highest BCUT2D eigenvalue weighted by atomic mass is 127.